The van der Waals surface area contributed by atoms with Crippen LogP contribution >= 0.6 is 0 Å². The number of sulfonamides is 1. The molecule has 0 amide bonds. The van der Waals surface area contributed by atoms with Gasteiger partial charge in [0.2, 0.25) is 10.0 Å². The van der Waals surface area contributed by atoms with Gasteiger partial charge in [0.1, 0.15) is 5.82 Å². The average molecular weight is 443 g/mol. The van der Waals surface area contributed by atoms with Crippen molar-refractivity contribution in [1.82, 2.24) is 9.29 Å². The first kappa shape index (κ1) is 22.0. The lowest BCUT2D eigenvalue weighted by molar-refractivity contribution is -0.137. The molecule has 0 atom stereocenters. The summed E-state index contributed by atoms with van der Waals surface area (Å²) < 4.78 is 70.1. The summed E-state index contributed by atoms with van der Waals surface area (Å²) in [5.41, 5.74) is -0.709. The minimum atomic E-state index is -4.46. The molecule has 0 bridgehead atoms. The van der Waals surface area contributed by atoms with Gasteiger partial charge in [-0.1, -0.05) is 6.07 Å². The molecule has 1 aliphatic rings. The fraction of sp³-hybridized carbons (Fsp3) is 0.368. The number of methoxy groups -OCH3 is 1. The van der Waals surface area contributed by atoms with Gasteiger partial charge in [-0.25, -0.2) is 18.2 Å². The number of anilines is 1. The summed E-state index contributed by atoms with van der Waals surface area (Å²) in [4.78, 5) is 17.3. The molecule has 162 valence electrons. The maximum Gasteiger partial charge on any atom is 0.417 e. The van der Waals surface area contributed by atoms with E-state index in [2.05, 4.69) is 9.72 Å². The lowest BCUT2D eigenvalue weighted by atomic mass is 10.2. The van der Waals surface area contributed by atoms with E-state index in [1.807, 2.05) is 0 Å². The second-order valence-electron chi connectivity index (χ2n) is 6.67. The predicted molar refractivity (Wildman–Crippen MR) is 103 cm³/mol. The first-order valence-electron chi connectivity index (χ1n) is 9.09. The van der Waals surface area contributed by atoms with Gasteiger partial charge in [-0.15, -0.1) is 0 Å². The van der Waals surface area contributed by atoms with Gasteiger partial charge in [0.15, 0.2) is 0 Å². The lowest BCUT2D eigenvalue weighted by Gasteiger charge is -2.23. The molecule has 2 aromatic rings. The monoisotopic (exact) mass is 443 g/mol. The molecule has 0 radical (unpaired) electrons. The smallest absolute Gasteiger partial charge is 0.417 e. The Morgan fingerprint density at radius 2 is 1.87 bits per heavy atom. The van der Waals surface area contributed by atoms with Crippen LogP contribution in [0, 0.1) is 0 Å². The van der Waals surface area contributed by atoms with Crippen LogP contribution in [-0.4, -0.2) is 57.0 Å². The molecule has 3 rings (SSSR count). The number of ether oxygens (including phenoxy) is 1. The SMILES string of the molecule is COC(=O)c1cccc(S(=O)(=O)N2CCCN(c3ccc(C(F)(F)F)cn3)CC2)c1. The summed E-state index contributed by atoms with van der Waals surface area (Å²) in [6, 6.07) is 7.84. The van der Waals surface area contributed by atoms with Crippen LogP contribution in [0.3, 0.4) is 0 Å². The van der Waals surface area contributed by atoms with Crippen molar-refractivity contribution in [3.63, 3.8) is 0 Å². The van der Waals surface area contributed by atoms with Gasteiger partial charge in [-0.2, -0.15) is 17.5 Å². The van der Waals surface area contributed by atoms with Crippen LogP contribution in [0.2, 0.25) is 0 Å². The molecule has 7 nitrogen and oxygen atoms in total. The average Bonchev–Trinajstić information content (AvgIpc) is 2.99. The number of nitrogens with zero attached hydrogens (tertiary/aromatic N) is 3. The van der Waals surface area contributed by atoms with Crippen LogP contribution in [0.15, 0.2) is 47.5 Å². The van der Waals surface area contributed by atoms with E-state index in [4.69, 9.17) is 0 Å². The molecule has 30 heavy (non-hydrogen) atoms. The highest BCUT2D eigenvalue weighted by atomic mass is 32.2. The third-order valence-electron chi connectivity index (χ3n) is 4.75. The van der Waals surface area contributed by atoms with E-state index in [0.29, 0.717) is 18.8 Å². The summed E-state index contributed by atoms with van der Waals surface area (Å²) in [6.07, 6.45) is -3.22. The zero-order chi connectivity index (χ0) is 21.9. The van der Waals surface area contributed by atoms with Crippen LogP contribution in [0.5, 0.6) is 0 Å². The summed E-state index contributed by atoms with van der Waals surface area (Å²) >= 11 is 0. The van der Waals surface area contributed by atoms with Crippen molar-refractivity contribution < 1.29 is 31.1 Å². The summed E-state index contributed by atoms with van der Waals surface area (Å²) in [5, 5.41) is 0. The zero-order valence-electron chi connectivity index (χ0n) is 16.1. The number of rotatable bonds is 4. The number of alkyl halides is 3. The van der Waals surface area contributed by atoms with Crippen molar-refractivity contribution >= 4 is 21.8 Å². The van der Waals surface area contributed by atoms with Crippen molar-refractivity contribution in [1.29, 1.82) is 0 Å². The highest BCUT2D eigenvalue weighted by Gasteiger charge is 2.31. The van der Waals surface area contributed by atoms with E-state index in [-0.39, 0.29) is 30.1 Å². The fourth-order valence-electron chi connectivity index (χ4n) is 3.15. The van der Waals surface area contributed by atoms with Gasteiger partial charge in [-0.3, -0.25) is 0 Å². The molecule has 1 aromatic heterocycles. The Kier molecular flexibility index (Phi) is 6.32. The van der Waals surface area contributed by atoms with Gasteiger partial charge in [-0.05, 0) is 36.8 Å². The first-order valence-corrected chi connectivity index (χ1v) is 10.5. The summed E-state index contributed by atoms with van der Waals surface area (Å²) in [7, 11) is -2.64. The molecule has 1 fully saturated rings. The standard InChI is InChI=1S/C19H20F3N3O4S/c1-29-18(26)14-4-2-5-16(12-14)30(27,28)25-9-3-8-24(10-11-25)17-7-6-15(13-23-17)19(20,21)22/h2,4-7,12-13H,3,8-11H2,1H3. The second kappa shape index (κ2) is 8.60. The number of hydrogen-bond acceptors (Lipinski definition) is 6. The van der Waals surface area contributed by atoms with Gasteiger partial charge in [0.05, 0.1) is 23.1 Å². The number of halogens is 3. The van der Waals surface area contributed by atoms with Crippen LogP contribution in [0.4, 0.5) is 19.0 Å². The van der Waals surface area contributed by atoms with E-state index in [0.717, 1.165) is 12.3 Å². The van der Waals surface area contributed by atoms with Crippen molar-refractivity contribution in [3.8, 4) is 0 Å². The summed E-state index contributed by atoms with van der Waals surface area (Å²) in [5.74, 6) is -0.280. The van der Waals surface area contributed by atoms with Crippen LogP contribution < -0.4 is 4.90 Å². The van der Waals surface area contributed by atoms with Crippen LogP contribution in [0.1, 0.15) is 22.3 Å². The molecule has 0 N–H and O–H groups in total. The Hall–Kier alpha value is -2.66. The molecule has 0 spiro atoms. The van der Waals surface area contributed by atoms with Crippen molar-refractivity contribution in [3.05, 3.63) is 53.7 Å². The zero-order valence-corrected chi connectivity index (χ0v) is 16.9. The summed E-state index contributed by atoms with van der Waals surface area (Å²) in [6.45, 7) is 1.09. The minimum absolute atomic E-state index is 0.0218. The van der Waals surface area contributed by atoms with Gasteiger partial charge >= 0.3 is 12.1 Å². The first-order chi connectivity index (χ1) is 14.1. The largest absolute Gasteiger partial charge is 0.465 e. The number of pyridine rings is 1. The van der Waals surface area contributed by atoms with Gasteiger partial charge < -0.3 is 9.64 Å². The molecule has 1 saturated heterocycles. The maximum absolute atomic E-state index is 13.0. The molecule has 1 aliphatic heterocycles. The van der Waals surface area contributed by atoms with Gasteiger partial charge in [0, 0.05) is 32.4 Å². The topological polar surface area (TPSA) is 79.8 Å². The molecule has 0 unspecified atom stereocenters. The van der Waals surface area contributed by atoms with Crippen molar-refractivity contribution in [2.75, 3.05) is 38.2 Å². The molecular formula is C19H20F3N3O4S. The molecular weight excluding hydrogens is 423 g/mol. The third kappa shape index (κ3) is 4.73. The molecule has 0 saturated carbocycles. The fourth-order valence-corrected chi connectivity index (χ4v) is 4.67. The van der Waals surface area contributed by atoms with Crippen LogP contribution in [-0.2, 0) is 20.9 Å². The Bertz CT molecular complexity index is 1010. The quantitative estimate of drug-likeness (QED) is 0.677. The molecule has 0 aliphatic carbocycles. The minimum Gasteiger partial charge on any atom is -0.465 e. The Morgan fingerprint density at radius 1 is 1.10 bits per heavy atom. The van der Waals surface area contributed by atoms with Crippen molar-refractivity contribution in [2.24, 2.45) is 0 Å². The highest BCUT2D eigenvalue weighted by Crippen LogP contribution is 2.29. The normalized spacial score (nSPS) is 16.2. The number of aromatic nitrogens is 1. The molecule has 2 heterocycles. The van der Waals surface area contributed by atoms with Crippen LogP contribution in [0.25, 0.3) is 0 Å². The second-order valence-corrected chi connectivity index (χ2v) is 8.60. The number of hydrogen-bond donors (Lipinski definition) is 0. The highest BCUT2D eigenvalue weighted by molar-refractivity contribution is 7.89. The van der Waals surface area contributed by atoms with E-state index in [9.17, 15) is 26.4 Å². The number of carbonyl (C=O) groups excluding carboxylic acids is 1. The van der Waals surface area contributed by atoms with E-state index < -0.39 is 27.7 Å². The number of carbonyl (C=O) groups is 1. The number of esters is 1. The Balaban J connectivity index is 1.75. The predicted octanol–water partition coefficient (Wildman–Crippen LogP) is 2.79. The van der Waals surface area contributed by atoms with E-state index >= 15 is 0 Å². The van der Waals surface area contributed by atoms with E-state index in [1.54, 1.807) is 4.90 Å². The third-order valence-corrected chi connectivity index (χ3v) is 6.64. The molecule has 1 aromatic carbocycles. The lowest BCUT2D eigenvalue weighted by Crippen LogP contribution is -2.35. The maximum atomic E-state index is 13.0. The Labute approximate surface area is 172 Å². The number of benzene rings is 1. The molecule has 11 heteroatoms. The van der Waals surface area contributed by atoms with Gasteiger partial charge in [0.25, 0.3) is 0 Å². The van der Waals surface area contributed by atoms with E-state index in [1.165, 1.54) is 41.7 Å². The van der Waals surface area contributed by atoms with Crippen molar-refractivity contribution in [2.45, 2.75) is 17.5 Å². The Morgan fingerprint density at radius 3 is 2.50 bits per heavy atom.